The Morgan fingerprint density at radius 1 is 1.18 bits per heavy atom. The zero-order valence-corrected chi connectivity index (χ0v) is 9.11. The standard InChI is InChI=1S/C9H12Te.FH/c1-8(10-2)9-6-4-3-5-7-9;/h3-8H,1-2H3;1H. The Hall–Kier alpha value is -0.0604. The van der Waals surface area contributed by atoms with Crippen LogP contribution in [0.25, 0.3) is 0 Å². The van der Waals surface area contributed by atoms with E-state index >= 15 is 0 Å². The van der Waals surface area contributed by atoms with Crippen LogP contribution in [-0.4, -0.2) is 20.9 Å². The van der Waals surface area contributed by atoms with Crippen molar-refractivity contribution in [3.8, 4) is 0 Å². The molecule has 0 saturated heterocycles. The summed E-state index contributed by atoms with van der Waals surface area (Å²) in [6, 6.07) is 10.8. The van der Waals surface area contributed by atoms with Gasteiger partial charge in [-0.2, -0.15) is 0 Å². The Morgan fingerprint density at radius 3 is 2.18 bits per heavy atom. The van der Waals surface area contributed by atoms with E-state index in [1.807, 2.05) is 0 Å². The summed E-state index contributed by atoms with van der Waals surface area (Å²) in [7, 11) is 0. The first-order chi connectivity index (χ1) is 4.84. The fourth-order valence-corrected chi connectivity index (χ4v) is 2.09. The van der Waals surface area contributed by atoms with Gasteiger partial charge in [0.05, 0.1) is 0 Å². The third-order valence-corrected chi connectivity index (χ3v) is 4.42. The average molecular weight is 268 g/mol. The summed E-state index contributed by atoms with van der Waals surface area (Å²) in [5.74, 6) is 0. The van der Waals surface area contributed by atoms with Gasteiger partial charge in [0.25, 0.3) is 0 Å². The summed E-state index contributed by atoms with van der Waals surface area (Å²) in [6.07, 6.45) is 0. The van der Waals surface area contributed by atoms with Crippen LogP contribution in [0.15, 0.2) is 30.3 Å². The van der Waals surface area contributed by atoms with Gasteiger partial charge in [0.2, 0.25) is 0 Å². The Labute approximate surface area is 77.5 Å². The van der Waals surface area contributed by atoms with E-state index in [1.165, 1.54) is 5.56 Å². The molecular formula is C9H13FTe. The van der Waals surface area contributed by atoms with Crippen molar-refractivity contribution in [2.24, 2.45) is 0 Å². The van der Waals surface area contributed by atoms with Crippen molar-refractivity contribution in [1.82, 2.24) is 0 Å². The SMILES string of the molecule is C[Te]C(C)c1ccccc1.F. The third kappa shape index (κ3) is 3.22. The second-order valence-corrected chi connectivity index (χ2v) is 5.65. The fraction of sp³-hybridized carbons (Fsp3) is 0.333. The number of benzene rings is 1. The summed E-state index contributed by atoms with van der Waals surface area (Å²) in [4.78, 5) is 2.35. The monoisotopic (exact) mass is 270 g/mol. The van der Waals surface area contributed by atoms with Crippen molar-refractivity contribution in [1.29, 1.82) is 0 Å². The van der Waals surface area contributed by atoms with Gasteiger partial charge in [0.15, 0.2) is 0 Å². The van der Waals surface area contributed by atoms with Crippen molar-refractivity contribution in [2.75, 3.05) is 0 Å². The fourth-order valence-electron chi connectivity index (χ4n) is 0.860. The van der Waals surface area contributed by atoms with Crippen LogP contribution in [0.2, 0.25) is 4.97 Å². The molecule has 0 aromatic heterocycles. The molecule has 11 heavy (non-hydrogen) atoms. The zero-order valence-electron chi connectivity index (χ0n) is 6.78. The van der Waals surface area contributed by atoms with Gasteiger partial charge in [-0.15, -0.1) is 0 Å². The van der Waals surface area contributed by atoms with Crippen LogP contribution in [0.3, 0.4) is 0 Å². The molecule has 62 valence electrons. The largest absolute Gasteiger partial charge is 0.269 e. The minimum Gasteiger partial charge on any atom is -0.269 e. The first-order valence-corrected chi connectivity index (χ1v) is 7.10. The summed E-state index contributed by atoms with van der Waals surface area (Å²) in [5.41, 5.74) is 1.51. The molecule has 0 aliphatic heterocycles. The van der Waals surface area contributed by atoms with Gasteiger partial charge in [0, 0.05) is 0 Å². The average Bonchev–Trinajstić information content (AvgIpc) is 2.05. The van der Waals surface area contributed by atoms with Crippen molar-refractivity contribution < 1.29 is 4.70 Å². The van der Waals surface area contributed by atoms with Gasteiger partial charge in [-0.25, -0.2) is 0 Å². The van der Waals surface area contributed by atoms with E-state index in [9.17, 15) is 0 Å². The summed E-state index contributed by atoms with van der Waals surface area (Å²) in [6.45, 7) is 2.32. The minimum absolute atomic E-state index is 0. The van der Waals surface area contributed by atoms with E-state index in [0.29, 0.717) is 0 Å². The Balaban J connectivity index is 0.000001000. The molecule has 1 unspecified atom stereocenters. The van der Waals surface area contributed by atoms with Gasteiger partial charge in [-0.1, -0.05) is 0 Å². The molecule has 0 N–H and O–H groups in total. The first-order valence-electron chi connectivity index (χ1n) is 3.42. The number of rotatable bonds is 2. The van der Waals surface area contributed by atoms with Crippen LogP contribution >= 0.6 is 0 Å². The van der Waals surface area contributed by atoms with Gasteiger partial charge in [-0.3, -0.25) is 4.70 Å². The van der Waals surface area contributed by atoms with Crippen molar-refractivity contribution in [3.05, 3.63) is 35.9 Å². The van der Waals surface area contributed by atoms with Crippen molar-refractivity contribution in [3.63, 3.8) is 0 Å². The topological polar surface area (TPSA) is 0 Å². The molecule has 2 heteroatoms. The predicted molar refractivity (Wildman–Crippen MR) is 49.0 cm³/mol. The van der Waals surface area contributed by atoms with Crippen molar-refractivity contribution in [2.45, 2.75) is 15.9 Å². The maximum Gasteiger partial charge on any atom is -0.269 e. The third-order valence-electron chi connectivity index (χ3n) is 1.62. The van der Waals surface area contributed by atoms with E-state index < -0.39 is 0 Å². The Morgan fingerprint density at radius 2 is 1.73 bits per heavy atom. The Bertz CT molecular complexity index is 186. The normalized spacial score (nSPS) is 11.8. The van der Waals surface area contributed by atoms with E-state index in [0.717, 1.165) is 3.97 Å². The predicted octanol–water partition coefficient (Wildman–Crippen LogP) is 2.65. The number of hydrogen-bond donors (Lipinski definition) is 0. The molecule has 1 aromatic rings. The second-order valence-electron chi connectivity index (χ2n) is 2.29. The van der Waals surface area contributed by atoms with Gasteiger partial charge >= 0.3 is 72.7 Å². The molecule has 1 aromatic carbocycles. The molecule has 0 amide bonds. The molecule has 1 atom stereocenters. The molecule has 0 radical (unpaired) electrons. The van der Waals surface area contributed by atoms with Crippen LogP contribution in [0.4, 0.5) is 4.70 Å². The number of halogens is 1. The van der Waals surface area contributed by atoms with E-state index in [4.69, 9.17) is 0 Å². The summed E-state index contributed by atoms with van der Waals surface area (Å²) >= 11 is 0.210. The van der Waals surface area contributed by atoms with Crippen LogP contribution in [0.1, 0.15) is 16.5 Å². The summed E-state index contributed by atoms with van der Waals surface area (Å²) in [5, 5.41) is 0. The zero-order chi connectivity index (χ0) is 7.40. The van der Waals surface area contributed by atoms with Crippen LogP contribution in [0, 0.1) is 0 Å². The first kappa shape index (κ1) is 10.9. The van der Waals surface area contributed by atoms with Crippen LogP contribution in [-0.2, 0) is 0 Å². The van der Waals surface area contributed by atoms with E-state index in [1.54, 1.807) is 0 Å². The second kappa shape index (κ2) is 5.57. The smallest absolute Gasteiger partial charge is 0.269 e. The summed E-state index contributed by atoms with van der Waals surface area (Å²) < 4.78 is 0.839. The Kier molecular flexibility index (Phi) is 5.54. The molecule has 0 aliphatic rings. The molecule has 0 bridgehead atoms. The van der Waals surface area contributed by atoms with Gasteiger partial charge < -0.3 is 0 Å². The van der Waals surface area contributed by atoms with E-state index in [2.05, 4.69) is 42.2 Å². The maximum atomic E-state index is 2.35. The molecule has 0 fully saturated rings. The molecule has 0 nitrogen and oxygen atoms in total. The molecular weight excluding hydrogens is 255 g/mol. The minimum atomic E-state index is 0. The van der Waals surface area contributed by atoms with Crippen molar-refractivity contribution >= 4 is 20.9 Å². The molecule has 0 aliphatic carbocycles. The van der Waals surface area contributed by atoms with E-state index in [-0.39, 0.29) is 25.6 Å². The van der Waals surface area contributed by atoms with Crippen LogP contribution < -0.4 is 0 Å². The number of hydrogen-bond acceptors (Lipinski definition) is 0. The van der Waals surface area contributed by atoms with Gasteiger partial charge in [-0.05, 0) is 0 Å². The quantitative estimate of drug-likeness (QED) is 0.723. The maximum absolute atomic E-state index is 2.35. The molecule has 0 heterocycles. The molecule has 1 rings (SSSR count). The van der Waals surface area contributed by atoms with Crippen LogP contribution in [0.5, 0.6) is 0 Å². The molecule has 0 spiro atoms. The van der Waals surface area contributed by atoms with Gasteiger partial charge in [0.1, 0.15) is 0 Å². The molecule has 0 saturated carbocycles.